The Bertz CT molecular complexity index is 755. The van der Waals surface area contributed by atoms with E-state index in [1.54, 1.807) is 16.7 Å². The topological polar surface area (TPSA) is 42.8 Å². The van der Waals surface area contributed by atoms with Crippen molar-refractivity contribution in [2.45, 2.75) is 31.8 Å². The van der Waals surface area contributed by atoms with Gasteiger partial charge in [0.05, 0.1) is 19.0 Å². The summed E-state index contributed by atoms with van der Waals surface area (Å²) in [6, 6.07) is 14.9. The van der Waals surface area contributed by atoms with Crippen molar-refractivity contribution in [2.75, 3.05) is 32.1 Å². The molecule has 5 heteroatoms. The van der Waals surface area contributed by atoms with E-state index in [9.17, 15) is 4.79 Å². The van der Waals surface area contributed by atoms with Gasteiger partial charge in [0.25, 0.3) is 0 Å². The zero-order chi connectivity index (χ0) is 19.1. The first-order valence-electron chi connectivity index (χ1n) is 9.56. The smallest absolute Gasteiger partial charge is 0.230 e. The highest BCUT2D eigenvalue weighted by molar-refractivity contribution is 8.00. The third-order valence-corrected chi connectivity index (χ3v) is 6.01. The first-order valence-corrected chi connectivity index (χ1v) is 10.5. The Morgan fingerprint density at radius 3 is 2.44 bits per heavy atom. The SMILES string of the molecule is Cc1ccc(SCC(=O)NCc2ccc(C[NH+]3CCOCC3)cc2)cc1C. The molecular weight excluding hydrogens is 356 g/mol. The summed E-state index contributed by atoms with van der Waals surface area (Å²) in [7, 11) is 0. The molecule has 4 nitrogen and oxygen atoms in total. The van der Waals surface area contributed by atoms with Gasteiger partial charge in [-0.1, -0.05) is 30.3 Å². The van der Waals surface area contributed by atoms with Gasteiger partial charge in [-0.2, -0.15) is 0 Å². The van der Waals surface area contributed by atoms with Crippen LogP contribution in [-0.4, -0.2) is 38.0 Å². The van der Waals surface area contributed by atoms with E-state index in [-0.39, 0.29) is 5.91 Å². The number of thioether (sulfide) groups is 1. The Labute approximate surface area is 166 Å². The minimum atomic E-state index is 0.0695. The molecular formula is C22H29N2O2S+. The molecule has 0 unspecified atom stereocenters. The maximum absolute atomic E-state index is 12.1. The van der Waals surface area contributed by atoms with Crippen molar-refractivity contribution < 1.29 is 14.4 Å². The molecule has 0 aliphatic carbocycles. The second-order valence-electron chi connectivity index (χ2n) is 7.17. The number of quaternary nitrogens is 1. The Balaban J connectivity index is 1.41. The van der Waals surface area contributed by atoms with E-state index in [0.29, 0.717) is 12.3 Å². The van der Waals surface area contributed by atoms with Crippen LogP contribution in [0.15, 0.2) is 47.4 Å². The maximum atomic E-state index is 12.1. The van der Waals surface area contributed by atoms with E-state index in [4.69, 9.17) is 4.74 Å². The van der Waals surface area contributed by atoms with Crippen LogP contribution in [0.5, 0.6) is 0 Å². The standard InChI is InChI=1S/C22H28N2O2S/c1-17-3-8-21(13-18(17)2)27-16-22(25)23-14-19-4-6-20(7-5-19)15-24-9-11-26-12-10-24/h3-8,13H,9-12,14-16H2,1-2H3,(H,23,25)/p+1. The summed E-state index contributed by atoms with van der Waals surface area (Å²) in [4.78, 5) is 14.8. The highest BCUT2D eigenvalue weighted by atomic mass is 32.2. The van der Waals surface area contributed by atoms with Gasteiger partial charge in [0.15, 0.2) is 0 Å². The molecule has 1 heterocycles. The zero-order valence-electron chi connectivity index (χ0n) is 16.2. The molecule has 1 amide bonds. The van der Waals surface area contributed by atoms with Gasteiger partial charge in [0.1, 0.15) is 19.6 Å². The predicted octanol–water partition coefficient (Wildman–Crippen LogP) is 2.13. The van der Waals surface area contributed by atoms with Crippen molar-refractivity contribution >= 4 is 17.7 Å². The number of ether oxygens (including phenoxy) is 1. The number of morpholine rings is 1. The lowest BCUT2D eigenvalue weighted by Gasteiger charge is -2.23. The normalized spacial score (nSPS) is 14.9. The molecule has 0 saturated carbocycles. The fraction of sp³-hybridized carbons (Fsp3) is 0.409. The van der Waals surface area contributed by atoms with Crippen LogP contribution in [0.4, 0.5) is 0 Å². The van der Waals surface area contributed by atoms with Crippen LogP contribution in [0.25, 0.3) is 0 Å². The first kappa shape index (κ1) is 19.9. The van der Waals surface area contributed by atoms with Crippen LogP contribution in [0.1, 0.15) is 22.3 Å². The van der Waals surface area contributed by atoms with Crippen molar-refractivity contribution in [3.63, 3.8) is 0 Å². The van der Waals surface area contributed by atoms with E-state index in [1.807, 2.05) is 0 Å². The molecule has 1 aliphatic heterocycles. The van der Waals surface area contributed by atoms with Crippen molar-refractivity contribution in [1.82, 2.24) is 5.32 Å². The minimum Gasteiger partial charge on any atom is -0.370 e. The molecule has 0 aromatic heterocycles. The number of rotatable bonds is 7. The summed E-state index contributed by atoms with van der Waals surface area (Å²) in [6.45, 7) is 9.71. The summed E-state index contributed by atoms with van der Waals surface area (Å²) in [6.07, 6.45) is 0. The fourth-order valence-electron chi connectivity index (χ4n) is 3.10. The lowest BCUT2D eigenvalue weighted by atomic mass is 10.1. The van der Waals surface area contributed by atoms with Gasteiger partial charge in [-0.25, -0.2) is 0 Å². The first-order chi connectivity index (χ1) is 13.1. The Hall–Kier alpha value is -1.82. The van der Waals surface area contributed by atoms with Gasteiger partial charge in [-0.15, -0.1) is 11.8 Å². The molecule has 1 saturated heterocycles. The Morgan fingerprint density at radius 2 is 1.74 bits per heavy atom. The molecule has 2 aromatic rings. The molecule has 1 fully saturated rings. The molecule has 1 aliphatic rings. The molecule has 144 valence electrons. The van der Waals surface area contributed by atoms with Gasteiger partial charge in [-0.05, 0) is 42.7 Å². The second-order valence-corrected chi connectivity index (χ2v) is 8.22. The average Bonchev–Trinajstić information content (AvgIpc) is 2.69. The summed E-state index contributed by atoms with van der Waals surface area (Å²) in [5.74, 6) is 0.515. The number of carbonyl (C=O) groups excluding carboxylic acids is 1. The van der Waals surface area contributed by atoms with Crippen LogP contribution >= 0.6 is 11.8 Å². The third-order valence-electron chi connectivity index (χ3n) is 5.01. The Kier molecular flexibility index (Phi) is 7.33. The van der Waals surface area contributed by atoms with Crippen LogP contribution in [-0.2, 0) is 22.6 Å². The third kappa shape index (κ3) is 6.38. The lowest BCUT2D eigenvalue weighted by Crippen LogP contribution is -3.12. The van der Waals surface area contributed by atoms with Crippen LogP contribution < -0.4 is 10.2 Å². The number of nitrogens with one attached hydrogen (secondary N) is 2. The summed E-state index contributed by atoms with van der Waals surface area (Å²) in [5, 5.41) is 3.01. The number of amides is 1. The number of hydrogen-bond acceptors (Lipinski definition) is 3. The largest absolute Gasteiger partial charge is 0.370 e. The van der Waals surface area contributed by atoms with Crippen LogP contribution in [0.3, 0.4) is 0 Å². The van der Waals surface area contributed by atoms with Gasteiger partial charge in [0.2, 0.25) is 5.91 Å². The molecule has 2 aromatic carbocycles. The maximum Gasteiger partial charge on any atom is 0.230 e. The molecule has 3 rings (SSSR count). The fourth-order valence-corrected chi connectivity index (χ4v) is 3.93. The molecule has 27 heavy (non-hydrogen) atoms. The number of carbonyl (C=O) groups is 1. The summed E-state index contributed by atoms with van der Waals surface area (Å²) in [5.41, 5.74) is 5.02. The second kappa shape index (κ2) is 9.93. The van der Waals surface area contributed by atoms with Crippen molar-refractivity contribution in [3.8, 4) is 0 Å². The average molecular weight is 386 g/mol. The van der Waals surface area contributed by atoms with Crippen LogP contribution in [0.2, 0.25) is 0 Å². The highest BCUT2D eigenvalue weighted by Crippen LogP contribution is 2.20. The predicted molar refractivity (Wildman–Crippen MR) is 110 cm³/mol. The lowest BCUT2D eigenvalue weighted by molar-refractivity contribution is -0.921. The molecule has 0 atom stereocenters. The van der Waals surface area contributed by atoms with E-state index >= 15 is 0 Å². The molecule has 2 N–H and O–H groups in total. The van der Waals surface area contributed by atoms with E-state index in [0.717, 1.165) is 43.3 Å². The Morgan fingerprint density at radius 1 is 1.04 bits per heavy atom. The highest BCUT2D eigenvalue weighted by Gasteiger charge is 2.14. The number of aryl methyl sites for hydroxylation is 2. The quantitative estimate of drug-likeness (QED) is 0.718. The van der Waals surface area contributed by atoms with E-state index in [1.165, 1.54) is 16.7 Å². The van der Waals surface area contributed by atoms with Gasteiger partial charge in [0, 0.05) is 17.0 Å². The van der Waals surface area contributed by atoms with Crippen LogP contribution in [0, 0.1) is 13.8 Å². The zero-order valence-corrected chi connectivity index (χ0v) is 17.0. The van der Waals surface area contributed by atoms with Crippen molar-refractivity contribution in [1.29, 1.82) is 0 Å². The summed E-state index contributed by atoms with van der Waals surface area (Å²) >= 11 is 1.58. The minimum absolute atomic E-state index is 0.0695. The van der Waals surface area contributed by atoms with E-state index < -0.39 is 0 Å². The van der Waals surface area contributed by atoms with Gasteiger partial charge < -0.3 is 15.0 Å². The summed E-state index contributed by atoms with van der Waals surface area (Å²) < 4.78 is 5.41. The van der Waals surface area contributed by atoms with E-state index in [2.05, 4.69) is 61.6 Å². The number of benzene rings is 2. The van der Waals surface area contributed by atoms with Crippen molar-refractivity contribution in [2.24, 2.45) is 0 Å². The monoisotopic (exact) mass is 385 g/mol. The molecule has 0 spiro atoms. The molecule has 0 bridgehead atoms. The van der Waals surface area contributed by atoms with Crippen molar-refractivity contribution in [3.05, 3.63) is 64.7 Å². The molecule has 0 radical (unpaired) electrons. The van der Waals surface area contributed by atoms with Gasteiger partial charge in [-0.3, -0.25) is 4.79 Å². The van der Waals surface area contributed by atoms with Gasteiger partial charge >= 0.3 is 0 Å². The number of hydrogen-bond donors (Lipinski definition) is 2.